The summed E-state index contributed by atoms with van der Waals surface area (Å²) in [6.07, 6.45) is 3.42. The van der Waals surface area contributed by atoms with Crippen LogP contribution in [0.3, 0.4) is 0 Å². The molecule has 1 aliphatic rings. The normalized spacial score (nSPS) is 13.4. The van der Waals surface area contributed by atoms with Crippen molar-refractivity contribution in [2.24, 2.45) is 4.99 Å². The van der Waals surface area contributed by atoms with Crippen molar-refractivity contribution in [3.63, 3.8) is 0 Å². The van der Waals surface area contributed by atoms with Gasteiger partial charge in [-0.05, 0) is 26.0 Å². The number of aliphatic imine (C=N–C) groups is 1. The lowest BCUT2D eigenvalue weighted by Crippen LogP contribution is -2.11. The molecule has 0 spiro atoms. The van der Waals surface area contributed by atoms with Gasteiger partial charge in [0.1, 0.15) is 17.1 Å². The summed E-state index contributed by atoms with van der Waals surface area (Å²) < 4.78 is 19.4. The number of ether oxygens (including phenoxy) is 1. The van der Waals surface area contributed by atoms with Crippen molar-refractivity contribution < 1.29 is 9.13 Å². The van der Waals surface area contributed by atoms with Crippen molar-refractivity contribution in [3.05, 3.63) is 47.5 Å². The smallest absolute Gasteiger partial charge is 0.220 e. The third-order valence-corrected chi connectivity index (χ3v) is 3.02. The molecule has 0 N–H and O–H groups in total. The van der Waals surface area contributed by atoms with Crippen molar-refractivity contribution in [1.29, 1.82) is 0 Å². The molecule has 3 rings (SSSR count). The molecule has 0 amide bonds. The van der Waals surface area contributed by atoms with Gasteiger partial charge in [-0.25, -0.2) is 14.4 Å². The van der Waals surface area contributed by atoms with E-state index in [1.807, 2.05) is 13.8 Å². The Labute approximate surface area is 104 Å². The number of pyridine rings is 1. The summed E-state index contributed by atoms with van der Waals surface area (Å²) in [5.41, 5.74) is 1.99. The maximum absolute atomic E-state index is 13.7. The first-order valence-electron chi connectivity index (χ1n) is 5.64. The molecular formula is C14H11FN2O. The van der Waals surface area contributed by atoms with Crippen molar-refractivity contribution in [2.75, 3.05) is 0 Å². The summed E-state index contributed by atoms with van der Waals surface area (Å²) in [4.78, 5) is 8.24. The molecule has 18 heavy (non-hydrogen) atoms. The van der Waals surface area contributed by atoms with Crippen LogP contribution in [-0.2, 0) is 0 Å². The van der Waals surface area contributed by atoms with Crippen molar-refractivity contribution in [3.8, 4) is 5.75 Å². The minimum atomic E-state index is -0.341. The lowest BCUT2D eigenvalue weighted by Gasteiger charge is -2.15. The van der Waals surface area contributed by atoms with E-state index in [1.165, 1.54) is 6.07 Å². The molecule has 0 bridgehead atoms. The van der Waals surface area contributed by atoms with Crippen LogP contribution in [0.5, 0.6) is 5.75 Å². The largest absolute Gasteiger partial charge is 0.438 e. The SMILES string of the molecule is Cc1nc2c(F)cccc2c(OC2=NC=C2)c1C. The highest BCUT2D eigenvalue weighted by atomic mass is 19.1. The van der Waals surface area contributed by atoms with Gasteiger partial charge in [0.25, 0.3) is 0 Å². The van der Waals surface area contributed by atoms with E-state index in [9.17, 15) is 4.39 Å². The fourth-order valence-corrected chi connectivity index (χ4v) is 1.86. The van der Waals surface area contributed by atoms with Gasteiger partial charge in [-0.1, -0.05) is 6.07 Å². The number of aryl methyl sites for hydroxylation is 1. The highest BCUT2D eigenvalue weighted by molar-refractivity contribution is 5.97. The summed E-state index contributed by atoms with van der Waals surface area (Å²) in [6.45, 7) is 3.75. The van der Waals surface area contributed by atoms with E-state index in [2.05, 4.69) is 9.98 Å². The lowest BCUT2D eigenvalue weighted by molar-refractivity contribution is 0.550. The van der Waals surface area contributed by atoms with E-state index in [0.29, 0.717) is 22.6 Å². The van der Waals surface area contributed by atoms with Gasteiger partial charge in [0.05, 0.1) is 0 Å². The van der Waals surface area contributed by atoms with Crippen LogP contribution in [0.25, 0.3) is 10.9 Å². The molecular weight excluding hydrogens is 231 g/mol. The van der Waals surface area contributed by atoms with Gasteiger partial charge < -0.3 is 4.74 Å². The Morgan fingerprint density at radius 2 is 2.00 bits per heavy atom. The van der Waals surface area contributed by atoms with Crippen molar-refractivity contribution in [2.45, 2.75) is 13.8 Å². The Morgan fingerprint density at radius 3 is 2.67 bits per heavy atom. The molecule has 3 nitrogen and oxygen atoms in total. The second kappa shape index (κ2) is 3.91. The molecule has 0 fully saturated rings. The molecule has 0 radical (unpaired) electrons. The zero-order chi connectivity index (χ0) is 12.7. The average Bonchev–Trinajstić information content (AvgIpc) is 2.29. The van der Waals surface area contributed by atoms with Crippen LogP contribution < -0.4 is 4.74 Å². The molecule has 0 unspecified atom stereocenters. The molecule has 1 aromatic carbocycles. The molecule has 4 heteroatoms. The van der Waals surface area contributed by atoms with Crippen LogP contribution in [0.2, 0.25) is 0 Å². The fourth-order valence-electron chi connectivity index (χ4n) is 1.86. The van der Waals surface area contributed by atoms with Gasteiger partial charge >= 0.3 is 0 Å². The van der Waals surface area contributed by atoms with Gasteiger partial charge in [0.2, 0.25) is 5.90 Å². The Morgan fingerprint density at radius 1 is 1.22 bits per heavy atom. The van der Waals surface area contributed by atoms with Gasteiger partial charge in [-0.15, -0.1) is 0 Å². The molecule has 0 saturated heterocycles. The average molecular weight is 242 g/mol. The number of halogens is 1. The standard InChI is InChI=1S/C14H11FN2O/c1-8-9(2)17-13-10(4-3-5-11(13)15)14(8)18-12-6-7-16-12/h3-7H,1-2H3. The highest BCUT2D eigenvalue weighted by Gasteiger charge is 2.15. The van der Waals surface area contributed by atoms with E-state index in [-0.39, 0.29) is 5.82 Å². The Balaban J connectivity index is 2.26. The minimum absolute atomic E-state index is 0.333. The number of para-hydroxylation sites is 1. The Hall–Kier alpha value is -2.23. The van der Waals surface area contributed by atoms with Crippen LogP contribution in [0, 0.1) is 19.7 Å². The van der Waals surface area contributed by atoms with Crippen LogP contribution in [0.1, 0.15) is 11.3 Å². The van der Waals surface area contributed by atoms with Crippen molar-refractivity contribution >= 4 is 16.8 Å². The molecule has 0 atom stereocenters. The summed E-state index contributed by atoms with van der Waals surface area (Å²) in [5, 5.41) is 0.668. The first-order chi connectivity index (χ1) is 8.66. The zero-order valence-electron chi connectivity index (χ0n) is 10.1. The minimum Gasteiger partial charge on any atom is -0.438 e. The third kappa shape index (κ3) is 1.57. The summed E-state index contributed by atoms with van der Waals surface area (Å²) >= 11 is 0. The summed E-state index contributed by atoms with van der Waals surface area (Å²) in [7, 11) is 0. The molecule has 90 valence electrons. The summed E-state index contributed by atoms with van der Waals surface area (Å²) in [6, 6.07) is 4.85. The molecule has 2 heterocycles. The van der Waals surface area contributed by atoms with E-state index in [0.717, 1.165) is 11.3 Å². The monoisotopic (exact) mass is 242 g/mol. The molecule has 0 saturated carbocycles. The van der Waals surface area contributed by atoms with Gasteiger partial charge in [-0.2, -0.15) is 0 Å². The molecule has 2 aromatic rings. The van der Waals surface area contributed by atoms with Crippen LogP contribution >= 0.6 is 0 Å². The van der Waals surface area contributed by atoms with Gasteiger partial charge in [0, 0.05) is 28.9 Å². The quantitative estimate of drug-likeness (QED) is 0.769. The lowest BCUT2D eigenvalue weighted by atomic mass is 10.1. The molecule has 0 aliphatic carbocycles. The van der Waals surface area contributed by atoms with Gasteiger partial charge in [0.15, 0.2) is 0 Å². The maximum Gasteiger partial charge on any atom is 0.220 e. The first-order valence-corrected chi connectivity index (χ1v) is 5.64. The third-order valence-electron chi connectivity index (χ3n) is 3.02. The van der Waals surface area contributed by atoms with Crippen LogP contribution in [0.4, 0.5) is 4.39 Å². The van der Waals surface area contributed by atoms with E-state index >= 15 is 0 Å². The second-order valence-electron chi connectivity index (χ2n) is 4.17. The number of rotatable bonds is 1. The van der Waals surface area contributed by atoms with Crippen LogP contribution in [0.15, 0.2) is 35.5 Å². The first kappa shape index (κ1) is 10.9. The Bertz CT molecular complexity index is 704. The van der Waals surface area contributed by atoms with E-state index < -0.39 is 0 Å². The topological polar surface area (TPSA) is 34.5 Å². The second-order valence-corrected chi connectivity index (χ2v) is 4.17. The number of benzene rings is 1. The van der Waals surface area contributed by atoms with E-state index in [4.69, 9.17) is 4.74 Å². The number of hydrogen-bond donors (Lipinski definition) is 0. The van der Waals surface area contributed by atoms with Crippen molar-refractivity contribution in [1.82, 2.24) is 4.98 Å². The molecule has 1 aromatic heterocycles. The predicted molar refractivity (Wildman–Crippen MR) is 68.4 cm³/mol. The number of nitrogens with zero attached hydrogens (tertiary/aromatic N) is 2. The van der Waals surface area contributed by atoms with E-state index in [1.54, 1.807) is 24.4 Å². The number of aromatic nitrogens is 1. The fraction of sp³-hybridized carbons (Fsp3) is 0.143. The summed E-state index contributed by atoms with van der Waals surface area (Å²) in [5.74, 6) is 0.820. The zero-order valence-corrected chi connectivity index (χ0v) is 10.1. The van der Waals surface area contributed by atoms with Crippen LogP contribution in [-0.4, -0.2) is 10.9 Å². The maximum atomic E-state index is 13.7. The highest BCUT2D eigenvalue weighted by Crippen LogP contribution is 2.32. The number of hydrogen-bond acceptors (Lipinski definition) is 3. The molecule has 1 aliphatic heterocycles. The number of fused-ring (bicyclic) bond motifs is 1. The Kier molecular flexibility index (Phi) is 2.37. The predicted octanol–water partition coefficient (Wildman–Crippen LogP) is 3.30. The van der Waals surface area contributed by atoms with Gasteiger partial charge in [-0.3, -0.25) is 0 Å².